The summed E-state index contributed by atoms with van der Waals surface area (Å²) in [5, 5.41) is 13.4. The Kier molecular flexibility index (Phi) is 7.34. The standard InChI is InChI=1S/C30H33ClF2N6O3/c1-16(2)39-26-22(21-8-9-25(27(21)39)36-29(41)18-14-38(3)15-18)12-17(13-23(26)24-10-11-34-37-24)28(40)35-19-4-6-20(7-5-19)42-30(31,32)33/h4-7,10-13,16,18,21,25,27H,8-9,14-15H2,1-3H3,(H,34,37)(H,35,40)(H,36,41). The third-order valence-electron chi connectivity index (χ3n) is 8.45. The van der Waals surface area contributed by atoms with Gasteiger partial charge in [-0.1, -0.05) is 0 Å². The molecule has 2 fully saturated rings. The van der Waals surface area contributed by atoms with E-state index in [0.29, 0.717) is 11.3 Å². The summed E-state index contributed by atoms with van der Waals surface area (Å²) in [4.78, 5) is 31.1. The Bertz CT molecular complexity index is 1470. The van der Waals surface area contributed by atoms with Gasteiger partial charge in [0.15, 0.2) is 0 Å². The highest BCUT2D eigenvalue weighted by Gasteiger charge is 2.50. The van der Waals surface area contributed by atoms with Crippen LogP contribution in [0, 0.1) is 5.92 Å². The topological polar surface area (TPSA) is 103 Å². The molecule has 6 rings (SSSR count). The van der Waals surface area contributed by atoms with Crippen LogP contribution in [0.3, 0.4) is 0 Å². The molecule has 1 aliphatic carbocycles. The molecule has 42 heavy (non-hydrogen) atoms. The number of aromatic nitrogens is 2. The number of anilines is 2. The molecule has 2 amide bonds. The number of hydrogen-bond donors (Lipinski definition) is 3. The zero-order valence-corrected chi connectivity index (χ0v) is 24.3. The quantitative estimate of drug-likeness (QED) is 0.315. The van der Waals surface area contributed by atoms with Crippen LogP contribution >= 0.6 is 11.6 Å². The van der Waals surface area contributed by atoms with Crippen molar-refractivity contribution in [2.45, 2.75) is 56.3 Å². The molecule has 0 spiro atoms. The first kappa shape index (κ1) is 28.4. The number of carbonyl (C=O) groups is 2. The molecule has 9 nitrogen and oxygen atoms in total. The lowest BCUT2D eigenvalue weighted by Crippen LogP contribution is -2.57. The van der Waals surface area contributed by atoms with Gasteiger partial charge in [-0.3, -0.25) is 14.7 Å². The van der Waals surface area contributed by atoms with E-state index in [1.165, 1.54) is 24.3 Å². The molecular formula is C30H33ClF2N6O3. The maximum Gasteiger partial charge on any atom is 0.487 e. The summed E-state index contributed by atoms with van der Waals surface area (Å²) in [6, 6.07) is 11.4. The van der Waals surface area contributed by atoms with Gasteiger partial charge in [0.05, 0.1) is 23.3 Å². The molecule has 222 valence electrons. The molecular weight excluding hydrogens is 566 g/mol. The van der Waals surface area contributed by atoms with Gasteiger partial charge >= 0.3 is 5.57 Å². The summed E-state index contributed by atoms with van der Waals surface area (Å²) in [7, 11) is 2.01. The van der Waals surface area contributed by atoms with Crippen LogP contribution in [0.1, 0.15) is 48.5 Å². The van der Waals surface area contributed by atoms with Crippen molar-refractivity contribution in [3.8, 4) is 17.0 Å². The molecule has 1 saturated carbocycles. The first-order valence-electron chi connectivity index (χ1n) is 14.1. The van der Waals surface area contributed by atoms with Crippen LogP contribution in [0.15, 0.2) is 48.7 Å². The number of carbonyl (C=O) groups excluding carboxylic acids is 2. The lowest BCUT2D eigenvalue weighted by molar-refractivity contribution is -0.130. The number of alkyl halides is 3. The molecule has 3 aromatic rings. The van der Waals surface area contributed by atoms with Crippen LogP contribution in [-0.4, -0.2) is 70.7 Å². The number of halogens is 3. The molecule has 3 unspecified atom stereocenters. The zero-order chi connectivity index (χ0) is 29.8. The minimum Gasteiger partial charge on any atom is -0.420 e. The number of nitrogens with one attached hydrogen (secondary N) is 3. The fourth-order valence-electron chi connectivity index (χ4n) is 6.70. The van der Waals surface area contributed by atoms with Gasteiger partial charge in [0.1, 0.15) is 5.75 Å². The van der Waals surface area contributed by atoms with Crippen LogP contribution in [-0.2, 0) is 4.79 Å². The molecule has 3 heterocycles. The first-order chi connectivity index (χ1) is 20.0. The van der Waals surface area contributed by atoms with E-state index in [-0.39, 0.29) is 47.5 Å². The van der Waals surface area contributed by atoms with Gasteiger partial charge < -0.3 is 25.2 Å². The number of fused-ring (bicyclic) bond motifs is 3. The SMILES string of the molecule is CC(C)N1c2c(-c3ccn[nH]3)cc(C(=O)Nc3ccc(OC(F)(F)Cl)cc3)cc2C2CCC(NC(=O)C3CN(C)C3)C21. The van der Waals surface area contributed by atoms with E-state index >= 15 is 0 Å². The van der Waals surface area contributed by atoms with Gasteiger partial charge in [0.25, 0.3) is 5.91 Å². The zero-order valence-electron chi connectivity index (χ0n) is 23.5. The summed E-state index contributed by atoms with van der Waals surface area (Å²) in [5.74, 6) is -0.197. The van der Waals surface area contributed by atoms with Crippen molar-refractivity contribution in [3.05, 3.63) is 59.8 Å². The van der Waals surface area contributed by atoms with E-state index in [2.05, 4.69) is 49.2 Å². The van der Waals surface area contributed by atoms with Crippen LogP contribution in [0.5, 0.6) is 5.75 Å². The number of ether oxygens (including phenoxy) is 1. The van der Waals surface area contributed by atoms with E-state index in [1.54, 1.807) is 6.20 Å². The number of benzene rings is 2. The molecule has 2 aliphatic heterocycles. The second-order valence-electron chi connectivity index (χ2n) is 11.7. The van der Waals surface area contributed by atoms with Crippen LogP contribution in [0.4, 0.5) is 20.2 Å². The summed E-state index contributed by atoms with van der Waals surface area (Å²) in [6.45, 7) is 5.85. The average Bonchev–Trinajstić information content (AvgIpc) is 3.64. The van der Waals surface area contributed by atoms with E-state index in [1.807, 2.05) is 25.2 Å². The van der Waals surface area contributed by atoms with E-state index in [4.69, 9.17) is 11.6 Å². The normalized spacial score (nSPS) is 22.1. The Hall–Kier alpha value is -3.70. The van der Waals surface area contributed by atoms with E-state index < -0.39 is 5.57 Å². The molecule has 3 aliphatic rings. The number of H-pyrrole nitrogens is 1. The lowest BCUT2D eigenvalue weighted by atomic mass is 9.92. The Morgan fingerprint density at radius 3 is 2.50 bits per heavy atom. The smallest absolute Gasteiger partial charge is 0.420 e. The largest absolute Gasteiger partial charge is 0.487 e. The van der Waals surface area contributed by atoms with Crippen molar-refractivity contribution in [2.75, 3.05) is 30.4 Å². The summed E-state index contributed by atoms with van der Waals surface area (Å²) < 4.78 is 30.3. The molecule has 1 aromatic heterocycles. The predicted octanol–water partition coefficient (Wildman–Crippen LogP) is 5.02. The van der Waals surface area contributed by atoms with Gasteiger partial charge in [-0.25, -0.2) is 0 Å². The highest BCUT2D eigenvalue weighted by molar-refractivity contribution is 6.20. The molecule has 0 radical (unpaired) electrons. The molecule has 3 atom stereocenters. The monoisotopic (exact) mass is 598 g/mol. The Balaban J connectivity index is 1.31. The molecule has 3 N–H and O–H groups in total. The maximum absolute atomic E-state index is 13.5. The van der Waals surface area contributed by atoms with Gasteiger partial charge in [0.2, 0.25) is 5.91 Å². The van der Waals surface area contributed by atoms with Crippen LogP contribution in [0.2, 0.25) is 0 Å². The van der Waals surface area contributed by atoms with Gasteiger partial charge in [-0.15, -0.1) is 8.78 Å². The van der Waals surface area contributed by atoms with Crippen LogP contribution in [0.25, 0.3) is 11.3 Å². The second-order valence-corrected chi connectivity index (χ2v) is 12.1. The number of hydrogen-bond acceptors (Lipinski definition) is 6. The molecule has 1 saturated heterocycles. The Labute approximate surface area is 247 Å². The van der Waals surface area contributed by atoms with Crippen molar-refractivity contribution >= 4 is 34.8 Å². The maximum atomic E-state index is 13.5. The fourth-order valence-corrected chi connectivity index (χ4v) is 6.79. The van der Waals surface area contributed by atoms with E-state index in [0.717, 1.165) is 48.4 Å². The second kappa shape index (κ2) is 10.9. The highest BCUT2D eigenvalue weighted by Crippen LogP contribution is 2.53. The van der Waals surface area contributed by atoms with Crippen LogP contribution < -0.4 is 20.3 Å². The lowest BCUT2D eigenvalue weighted by Gasteiger charge is -2.39. The molecule has 12 heteroatoms. The Morgan fingerprint density at radius 2 is 1.88 bits per heavy atom. The van der Waals surface area contributed by atoms with Crippen molar-refractivity contribution in [3.63, 3.8) is 0 Å². The average molecular weight is 599 g/mol. The van der Waals surface area contributed by atoms with Gasteiger partial charge in [-0.2, -0.15) is 5.10 Å². The third kappa shape index (κ3) is 5.43. The van der Waals surface area contributed by atoms with Gasteiger partial charge in [-0.05, 0) is 81.8 Å². The first-order valence-corrected chi connectivity index (χ1v) is 14.5. The predicted molar refractivity (Wildman–Crippen MR) is 156 cm³/mol. The van der Waals surface area contributed by atoms with Crippen molar-refractivity contribution in [1.29, 1.82) is 0 Å². The van der Waals surface area contributed by atoms with E-state index in [9.17, 15) is 18.4 Å². The van der Waals surface area contributed by atoms with Gasteiger partial charge in [0, 0.05) is 65.7 Å². The number of aromatic amines is 1. The highest BCUT2D eigenvalue weighted by atomic mass is 35.5. The summed E-state index contributed by atoms with van der Waals surface area (Å²) in [5.41, 5.74) is 0.813. The van der Waals surface area contributed by atoms with Crippen molar-refractivity contribution in [1.82, 2.24) is 20.4 Å². The number of likely N-dealkylation sites (tertiary alicyclic amines) is 1. The summed E-state index contributed by atoms with van der Waals surface area (Å²) in [6.07, 6.45) is 3.42. The minimum atomic E-state index is -3.82. The fraction of sp³-hybridized carbons (Fsp3) is 0.433. The minimum absolute atomic E-state index is 0.00352. The number of nitrogens with zero attached hydrogens (tertiary/aromatic N) is 3. The number of rotatable bonds is 8. The number of amides is 2. The Morgan fingerprint density at radius 1 is 1.14 bits per heavy atom. The van der Waals surface area contributed by atoms with Crippen molar-refractivity contribution in [2.24, 2.45) is 5.92 Å². The summed E-state index contributed by atoms with van der Waals surface area (Å²) >= 11 is 4.85. The van der Waals surface area contributed by atoms with Crippen molar-refractivity contribution < 1.29 is 23.1 Å². The molecule has 0 bridgehead atoms. The molecule has 2 aromatic carbocycles. The third-order valence-corrected chi connectivity index (χ3v) is 8.53.